The van der Waals surface area contributed by atoms with Crippen LogP contribution in [-0.4, -0.2) is 38.2 Å². The largest absolute Gasteiger partial charge is 0.341 e. The van der Waals surface area contributed by atoms with Crippen molar-refractivity contribution in [3.63, 3.8) is 0 Å². The van der Waals surface area contributed by atoms with E-state index in [1.807, 2.05) is 16.5 Å². The standard InChI is InChI=1S/C19H24N4O2S/c1-11-5-12(2)9-22(8-11)16(24)10-23-19(25)17-14(7-20-23)18-15(21(17)4)6-13(3)26-18/h6-7,11-12H,5,8-10H2,1-4H3/t11-,12-/m0/s1. The first-order valence-electron chi connectivity index (χ1n) is 9.07. The zero-order chi connectivity index (χ0) is 18.6. The Hall–Kier alpha value is -2.15. The highest BCUT2D eigenvalue weighted by molar-refractivity contribution is 7.20. The Labute approximate surface area is 156 Å². The monoisotopic (exact) mass is 372 g/mol. The highest BCUT2D eigenvalue weighted by Crippen LogP contribution is 2.32. The number of piperidine rings is 1. The van der Waals surface area contributed by atoms with Gasteiger partial charge in [0, 0.05) is 30.4 Å². The lowest BCUT2D eigenvalue weighted by Gasteiger charge is -2.35. The quantitative estimate of drug-likeness (QED) is 0.695. The van der Waals surface area contributed by atoms with E-state index in [2.05, 4.69) is 31.9 Å². The van der Waals surface area contributed by atoms with Crippen molar-refractivity contribution in [3.05, 3.63) is 27.5 Å². The number of hydrogen-bond acceptors (Lipinski definition) is 4. The maximum absolute atomic E-state index is 13.0. The number of aryl methyl sites for hydroxylation is 2. The van der Waals surface area contributed by atoms with E-state index in [4.69, 9.17) is 0 Å². The van der Waals surface area contributed by atoms with Crippen LogP contribution in [0.25, 0.3) is 21.1 Å². The van der Waals surface area contributed by atoms with Crippen LogP contribution in [0.1, 0.15) is 25.1 Å². The summed E-state index contributed by atoms with van der Waals surface area (Å²) in [5, 5.41) is 5.17. The predicted molar refractivity (Wildman–Crippen MR) is 105 cm³/mol. The van der Waals surface area contributed by atoms with Crippen LogP contribution >= 0.6 is 11.3 Å². The first kappa shape index (κ1) is 17.3. The van der Waals surface area contributed by atoms with Crippen LogP contribution in [-0.2, 0) is 18.4 Å². The van der Waals surface area contributed by atoms with Crippen LogP contribution in [0.2, 0.25) is 0 Å². The summed E-state index contributed by atoms with van der Waals surface area (Å²) in [5.41, 5.74) is 1.47. The molecule has 1 amide bonds. The molecule has 0 N–H and O–H groups in total. The summed E-state index contributed by atoms with van der Waals surface area (Å²) < 4.78 is 4.32. The molecule has 0 unspecified atom stereocenters. The number of fused-ring (bicyclic) bond motifs is 3. The van der Waals surface area contributed by atoms with Crippen LogP contribution in [0.3, 0.4) is 0 Å². The molecule has 138 valence electrons. The molecule has 0 aromatic carbocycles. The van der Waals surface area contributed by atoms with Gasteiger partial charge in [-0.15, -0.1) is 11.3 Å². The van der Waals surface area contributed by atoms with Crippen LogP contribution in [0, 0.1) is 18.8 Å². The molecule has 4 heterocycles. The molecule has 6 nitrogen and oxygen atoms in total. The summed E-state index contributed by atoms with van der Waals surface area (Å²) >= 11 is 1.67. The van der Waals surface area contributed by atoms with E-state index in [9.17, 15) is 9.59 Å². The van der Waals surface area contributed by atoms with Gasteiger partial charge in [0.05, 0.1) is 16.4 Å². The van der Waals surface area contributed by atoms with Gasteiger partial charge in [-0.05, 0) is 31.2 Å². The molecule has 0 aliphatic carbocycles. The average molecular weight is 372 g/mol. The second-order valence-corrected chi connectivity index (χ2v) is 9.00. The molecule has 0 radical (unpaired) electrons. The number of carbonyl (C=O) groups excluding carboxylic acids is 1. The zero-order valence-electron chi connectivity index (χ0n) is 15.7. The van der Waals surface area contributed by atoms with Gasteiger partial charge in [0.25, 0.3) is 5.56 Å². The van der Waals surface area contributed by atoms with Gasteiger partial charge in [-0.1, -0.05) is 13.8 Å². The molecule has 4 rings (SSSR count). The summed E-state index contributed by atoms with van der Waals surface area (Å²) in [6.07, 6.45) is 2.87. The Morgan fingerprint density at radius 3 is 2.69 bits per heavy atom. The smallest absolute Gasteiger partial charge is 0.291 e. The predicted octanol–water partition coefficient (Wildman–Crippen LogP) is 2.76. The molecule has 1 fully saturated rings. The number of likely N-dealkylation sites (tertiary alicyclic amines) is 1. The number of aromatic nitrogens is 3. The second-order valence-electron chi connectivity index (χ2n) is 7.74. The normalized spacial score (nSPS) is 21.0. The van der Waals surface area contributed by atoms with E-state index in [0.717, 1.165) is 35.1 Å². The molecular formula is C19H24N4O2S. The summed E-state index contributed by atoms with van der Waals surface area (Å²) in [4.78, 5) is 28.8. The summed E-state index contributed by atoms with van der Waals surface area (Å²) in [7, 11) is 1.90. The molecule has 2 atom stereocenters. The Morgan fingerprint density at radius 1 is 1.31 bits per heavy atom. The second kappa shape index (κ2) is 6.23. The van der Waals surface area contributed by atoms with Crippen molar-refractivity contribution in [2.45, 2.75) is 33.7 Å². The number of rotatable bonds is 2. The highest BCUT2D eigenvalue weighted by atomic mass is 32.1. The molecule has 26 heavy (non-hydrogen) atoms. The minimum Gasteiger partial charge on any atom is -0.341 e. The van der Waals surface area contributed by atoms with Crippen molar-refractivity contribution in [2.75, 3.05) is 13.1 Å². The Balaban J connectivity index is 1.69. The van der Waals surface area contributed by atoms with E-state index >= 15 is 0 Å². The van der Waals surface area contributed by atoms with E-state index in [-0.39, 0.29) is 18.0 Å². The first-order chi connectivity index (χ1) is 12.3. The third-order valence-corrected chi connectivity index (χ3v) is 6.38. The van der Waals surface area contributed by atoms with Gasteiger partial charge in [-0.25, -0.2) is 4.68 Å². The van der Waals surface area contributed by atoms with Crippen LogP contribution in [0.15, 0.2) is 17.1 Å². The third-order valence-electron chi connectivity index (χ3n) is 5.30. The van der Waals surface area contributed by atoms with Crippen molar-refractivity contribution >= 4 is 38.4 Å². The van der Waals surface area contributed by atoms with E-state index < -0.39 is 0 Å². The fraction of sp³-hybridized carbons (Fsp3) is 0.526. The maximum Gasteiger partial charge on any atom is 0.291 e. The van der Waals surface area contributed by atoms with Gasteiger partial charge in [-0.3, -0.25) is 9.59 Å². The third kappa shape index (κ3) is 2.74. The highest BCUT2D eigenvalue weighted by Gasteiger charge is 2.26. The lowest BCUT2D eigenvalue weighted by molar-refractivity contribution is -0.134. The number of thiophene rings is 1. The molecule has 0 saturated carbocycles. The number of amides is 1. The van der Waals surface area contributed by atoms with Crippen LogP contribution in [0.5, 0.6) is 0 Å². The number of nitrogens with zero attached hydrogens (tertiary/aromatic N) is 4. The van der Waals surface area contributed by atoms with E-state index in [1.54, 1.807) is 17.5 Å². The minimum atomic E-state index is -0.197. The first-order valence-corrected chi connectivity index (χ1v) is 9.89. The minimum absolute atomic E-state index is 0.00602. The van der Waals surface area contributed by atoms with Gasteiger partial charge in [0.1, 0.15) is 12.1 Å². The van der Waals surface area contributed by atoms with E-state index in [1.165, 1.54) is 9.56 Å². The lowest BCUT2D eigenvalue weighted by Crippen LogP contribution is -2.45. The molecule has 7 heteroatoms. The molecule has 1 aliphatic heterocycles. The van der Waals surface area contributed by atoms with Gasteiger partial charge >= 0.3 is 0 Å². The van der Waals surface area contributed by atoms with E-state index in [0.29, 0.717) is 17.4 Å². The van der Waals surface area contributed by atoms with Gasteiger partial charge in [-0.2, -0.15) is 5.10 Å². The molecule has 3 aromatic heterocycles. The zero-order valence-corrected chi connectivity index (χ0v) is 16.5. The van der Waals surface area contributed by atoms with Gasteiger partial charge in [0.15, 0.2) is 0 Å². The Kier molecular flexibility index (Phi) is 4.14. The Morgan fingerprint density at radius 2 is 2.00 bits per heavy atom. The molecule has 1 aliphatic rings. The fourth-order valence-electron chi connectivity index (χ4n) is 4.24. The molecule has 0 spiro atoms. The Bertz CT molecular complexity index is 1050. The van der Waals surface area contributed by atoms with Crippen molar-refractivity contribution in [1.82, 2.24) is 19.2 Å². The van der Waals surface area contributed by atoms with Crippen LogP contribution < -0.4 is 5.56 Å². The number of hydrogen-bond donors (Lipinski definition) is 0. The number of carbonyl (C=O) groups is 1. The summed E-state index contributed by atoms with van der Waals surface area (Å²) in [6, 6.07) is 2.09. The van der Waals surface area contributed by atoms with Crippen molar-refractivity contribution in [3.8, 4) is 0 Å². The van der Waals surface area contributed by atoms with Gasteiger partial charge in [0.2, 0.25) is 5.91 Å². The fourth-order valence-corrected chi connectivity index (χ4v) is 5.29. The average Bonchev–Trinajstić information content (AvgIpc) is 3.07. The summed E-state index contributed by atoms with van der Waals surface area (Å²) in [6.45, 7) is 7.94. The summed E-state index contributed by atoms with van der Waals surface area (Å²) in [5.74, 6) is 0.972. The molecule has 3 aromatic rings. The maximum atomic E-state index is 13.0. The van der Waals surface area contributed by atoms with Crippen molar-refractivity contribution < 1.29 is 4.79 Å². The molecular weight excluding hydrogens is 348 g/mol. The molecule has 1 saturated heterocycles. The SMILES string of the molecule is Cc1cc2c(s1)c1cnn(CC(=O)N3C[C@@H](C)C[C@H](C)C3)c(=O)c1n2C. The van der Waals surface area contributed by atoms with Gasteiger partial charge < -0.3 is 9.47 Å². The van der Waals surface area contributed by atoms with Crippen molar-refractivity contribution in [1.29, 1.82) is 0 Å². The van der Waals surface area contributed by atoms with Crippen molar-refractivity contribution in [2.24, 2.45) is 18.9 Å². The topological polar surface area (TPSA) is 60.1 Å². The molecule has 0 bridgehead atoms. The lowest BCUT2D eigenvalue weighted by atomic mass is 9.92. The van der Waals surface area contributed by atoms with Crippen LogP contribution in [0.4, 0.5) is 0 Å².